The van der Waals surface area contributed by atoms with E-state index in [1.807, 2.05) is 27.7 Å². The molecule has 0 atom stereocenters. The summed E-state index contributed by atoms with van der Waals surface area (Å²) in [6.45, 7) is 13.2. The molecular weight excluding hydrogens is 200 g/mol. The first-order valence-corrected chi connectivity index (χ1v) is 6.04. The Morgan fingerprint density at radius 2 is 1.06 bits per heavy atom. The highest BCUT2D eigenvalue weighted by atomic mass is 16.2. The van der Waals surface area contributed by atoms with E-state index in [1.54, 1.807) is 32.9 Å². The van der Waals surface area contributed by atoms with Gasteiger partial charge in [0.25, 0.3) is 0 Å². The number of rotatable bonds is 0. The molecule has 0 unspecified atom stereocenters. The van der Waals surface area contributed by atoms with E-state index < -0.39 is 5.92 Å². The molecule has 2 heteroatoms. The van der Waals surface area contributed by atoms with Gasteiger partial charge >= 0.3 is 0 Å². The Bertz CT molecular complexity index is 266. The average molecular weight is 224 g/mol. The third kappa shape index (κ3) is 3.44. The van der Waals surface area contributed by atoms with Crippen LogP contribution in [0.1, 0.15) is 48.5 Å². The van der Waals surface area contributed by atoms with E-state index in [1.165, 1.54) is 0 Å². The van der Waals surface area contributed by atoms with Gasteiger partial charge in [0.05, 0.1) is 5.92 Å². The summed E-state index contributed by atoms with van der Waals surface area (Å²) in [6.07, 6.45) is 3.41. The van der Waals surface area contributed by atoms with Crippen molar-refractivity contribution in [2.75, 3.05) is 0 Å². The molecular formula is C14H24O2. The summed E-state index contributed by atoms with van der Waals surface area (Å²) >= 11 is 0. The first-order chi connectivity index (χ1) is 7.63. The molecule has 16 heavy (non-hydrogen) atoms. The molecule has 2 nitrogen and oxygen atoms in total. The summed E-state index contributed by atoms with van der Waals surface area (Å²) in [5.41, 5.74) is 1.16. The van der Waals surface area contributed by atoms with Gasteiger partial charge in [0.15, 0.2) is 11.6 Å². The van der Waals surface area contributed by atoms with Gasteiger partial charge in [-0.3, -0.25) is 9.59 Å². The van der Waals surface area contributed by atoms with Gasteiger partial charge in [-0.2, -0.15) is 0 Å². The molecule has 0 radical (unpaired) electrons. The largest absolute Gasteiger partial charge is 0.293 e. The zero-order valence-corrected chi connectivity index (χ0v) is 11.5. The van der Waals surface area contributed by atoms with Gasteiger partial charge < -0.3 is 0 Å². The fourth-order valence-electron chi connectivity index (χ4n) is 1.45. The topological polar surface area (TPSA) is 34.1 Å². The third-order valence-electron chi connectivity index (χ3n) is 2.19. The van der Waals surface area contributed by atoms with Crippen molar-refractivity contribution in [3.8, 4) is 0 Å². The van der Waals surface area contributed by atoms with E-state index in [2.05, 4.69) is 0 Å². The quantitative estimate of drug-likeness (QED) is 0.464. The molecule has 1 fully saturated rings. The SMILES string of the molecule is C/C=C1/C(=O)C(C)C(=O)/C1=C/C.CC.CC. The molecule has 1 aliphatic carbocycles. The van der Waals surface area contributed by atoms with Crippen molar-refractivity contribution in [1.29, 1.82) is 0 Å². The highest BCUT2D eigenvalue weighted by Crippen LogP contribution is 2.28. The van der Waals surface area contributed by atoms with E-state index in [0.29, 0.717) is 11.1 Å². The number of carbonyl (C=O) groups excluding carboxylic acids is 2. The van der Waals surface area contributed by atoms with Crippen LogP contribution in [0.15, 0.2) is 23.3 Å². The van der Waals surface area contributed by atoms with E-state index >= 15 is 0 Å². The Balaban J connectivity index is 0. The van der Waals surface area contributed by atoms with Crippen molar-refractivity contribution in [2.24, 2.45) is 5.92 Å². The van der Waals surface area contributed by atoms with Crippen LogP contribution in [0.2, 0.25) is 0 Å². The molecule has 0 saturated heterocycles. The maximum Gasteiger partial charge on any atom is 0.173 e. The highest BCUT2D eigenvalue weighted by molar-refractivity contribution is 6.29. The normalized spacial score (nSPS) is 20.4. The number of ketones is 2. The second-order valence-electron chi connectivity index (χ2n) is 2.85. The Morgan fingerprint density at radius 1 is 0.812 bits per heavy atom. The lowest BCUT2D eigenvalue weighted by atomic mass is 10.1. The first kappa shape index (κ1) is 17.2. The Labute approximate surface area is 99.4 Å². The van der Waals surface area contributed by atoms with E-state index in [0.717, 1.165) is 0 Å². The van der Waals surface area contributed by atoms with Crippen LogP contribution in [0.5, 0.6) is 0 Å². The van der Waals surface area contributed by atoms with Crippen molar-refractivity contribution < 1.29 is 9.59 Å². The predicted molar refractivity (Wildman–Crippen MR) is 69.4 cm³/mol. The van der Waals surface area contributed by atoms with Crippen molar-refractivity contribution in [3.63, 3.8) is 0 Å². The molecule has 92 valence electrons. The van der Waals surface area contributed by atoms with Gasteiger partial charge in [-0.15, -0.1) is 0 Å². The van der Waals surface area contributed by atoms with Crippen molar-refractivity contribution in [3.05, 3.63) is 23.3 Å². The summed E-state index contributed by atoms with van der Waals surface area (Å²) < 4.78 is 0. The van der Waals surface area contributed by atoms with Crippen molar-refractivity contribution in [2.45, 2.75) is 48.5 Å². The first-order valence-electron chi connectivity index (χ1n) is 6.04. The summed E-state index contributed by atoms with van der Waals surface area (Å²) in [5, 5.41) is 0. The maximum atomic E-state index is 11.4. The highest BCUT2D eigenvalue weighted by Gasteiger charge is 2.36. The van der Waals surface area contributed by atoms with Gasteiger partial charge in [-0.05, 0) is 20.8 Å². The van der Waals surface area contributed by atoms with Crippen LogP contribution in [-0.2, 0) is 9.59 Å². The minimum atomic E-state index is -0.470. The molecule has 0 amide bonds. The number of carbonyl (C=O) groups is 2. The zero-order valence-electron chi connectivity index (χ0n) is 11.5. The van der Waals surface area contributed by atoms with Gasteiger partial charge in [0.2, 0.25) is 0 Å². The smallest absolute Gasteiger partial charge is 0.173 e. The zero-order chi connectivity index (χ0) is 13.3. The molecule has 0 heterocycles. The van der Waals surface area contributed by atoms with E-state index in [-0.39, 0.29) is 11.6 Å². The molecule has 0 spiro atoms. The molecule has 0 aromatic heterocycles. The number of allylic oxidation sites excluding steroid dienone is 4. The van der Waals surface area contributed by atoms with Gasteiger partial charge in [0.1, 0.15) is 0 Å². The number of hydrogen-bond donors (Lipinski definition) is 0. The van der Waals surface area contributed by atoms with Crippen LogP contribution in [0.4, 0.5) is 0 Å². The molecule has 1 aliphatic rings. The second-order valence-corrected chi connectivity index (χ2v) is 2.85. The fraction of sp³-hybridized carbons (Fsp3) is 0.571. The Kier molecular flexibility index (Phi) is 9.77. The van der Waals surface area contributed by atoms with Gasteiger partial charge in [-0.1, -0.05) is 39.8 Å². The molecule has 0 aliphatic heterocycles. The van der Waals surface area contributed by atoms with Gasteiger partial charge in [-0.25, -0.2) is 0 Å². The van der Waals surface area contributed by atoms with Crippen molar-refractivity contribution >= 4 is 11.6 Å². The summed E-state index contributed by atoms with van der Waals surface area (Å²) in [5.74, 6) is -0.561. The van der Waals surface area contributed by atoms with E-state index in [4.69, 9.17) is 0 Å². The van der Waals surface area contributed by atoms with Crippen LogP contribution in [0, 0.1) is 5.92 Å². The monoisotopic (exact) mass is 224 g/mol. The van der Waals surface area contributed by atoms with Crippen LogP contribution in [-0.4, -0.2) is 11.6 Å². The van der Waals surface area contributed by atoms with Crippen LogP contribution in [0.25, 0.3) is 0 Å². The lowest BCUT2D eigenvalue weighted by Crippen LogP contribution is -2.09. The lowest BCUT2D eigenvalue weighted by Gasteiger charge is -1.92. The maximum absolute atomic E-state index is 11.4. The van der Waals surface area contributed by atoms with E-state index in [9.17, 15) is 9.59 Å². The summed E-state index contributed by atoms with van der Waals surface area (Å²) in [6, 6.07) is 0. The molecule has 1 rings (SSSR count). The minimum absolute atomic E-state index is 0.0457. The molecule has 1 saturated carbocycles. The average Bonchev–Trinajstić information content (AvgIpc) is 2.57. The van der Waals surface area contributed by atoms with Crippen LogP contribution >= 0.6 is 0 Å². The van der Waals surface area contributed by atoms with Crippen molar-refractivity contribution in [1.82, 2.24) is 0 Å². The fourth-order valence-corrected chi connectivity index (χ4v) is 1.45. The summed E-state index contributed by atoms with van der Waals surface area (Å²) in [4.78, 5) is 22.8. The Morgan fingerprint density at radius 3 is 1.25 bits per heavy atom. The van der Waals surface area contributed by atoms with Crippen LogP contribution < -0.4 is 0 Å². The standard InChI is InChI=1S/C10H12O2.2C2H6/c1-4-7-8(5-2)10(12)6(3)9(7)11;2*1-2/h4-6H,1-3H3;2*1-2H3/b7-4+,8-5+;;. The van der Waals surface area contributed by atoms with Crippen LogP contribution in [0.3, 0.4) is 0 Å². The second kappa shape index (κ2) is 9.08. The number of hydrogen-bond acceptors (Lipinski definition) is 2. The molecule has 0 aromatic carbocycles. The molecule has 0 N–H and O–H groups in total. The molecule has 0 bridgehead atoms. The Hall–Kier alpha value is -1.18. The predicted octanol–water partition coefficient (Wildman–Crippen LogP) is 3.72. The summed E-state index contributed by atoms with van der Waals surface area (Å²) in [7, 11) is 0. The minimum Gasteiger partial charge on any atom is -0.293 e. The third-order valence-corrected chi connectivity index (χ3v) is 2.19. The molecule has 0 aromatic rings. The lowest BCUT2D eigenvalue weighted by molar-refractivity contribution is -0.124. The number of Topliss-reactive ketones (excluding diaryl/α,β-unsaturated/α-hetero) is 2. The van der Waals surface area contributed by atoms with Gasteiger partial charge in [0, 0.05) is 11.1 Å².